The van der Waals surface area contributed by atoms with Gasteiger partial charge in [-0.15, -0.1) is 0 Å². The van der Waals surface area contributed by atoms with Crippen molar-refractivity contribution in [1.29, 1.82) is 0 Å². The number of aliphatic imine (C=N–C) groups is 1. The smallest absolute Gasteiger partial charge is 0.250 e. The quantitative estimate of drug-likeness (QED) is 0.569. The molecule has 8 heteroatoms. The molecule has 26 heavy (non-hydrogen) atoms. The van der Waals surface area contributed by atoms with Gasteiger partial charge in [0.15, 0.2) is 0 Å². The highest BCUT2D eigenvalue weighted by Gasteiger charge is 2.32. The maximum absolute atomic E-state index is 12.7. The van der Waals surface area contributed by atoms with E-state index >= 15 is 0 Å². The second-order valence-electron chi connectivity index (χ2n) is 6.22. The van der Waals surface area contributed by atoms with Gasteiger partial charge in [0, 0.05) is 15.1 Å². The fourth-order valence-corrected chi connectivity index (χ4v) is 5.29. The summed E-state index contributed by atoms with van der Waals surface area (Å²) < 4.78 is 24.0. The van der Waals surface area contributed by atoms with Crippen molar-refractivity contribution < 1.29 is 8.76 Å². The van der Waals surface area contributed by atoms with Crippen molar-refractivity contribution in [1.82, 2.24) is 5.01 Å². The van der Waals surface area contributed by atoms with Crippen molar-refractivity contribution in [3.8, 4) is 0 Å². The molecule has 138 valence electrons. The molecule has 1 aliphatic rings. The molecule has 5 nitrogen and oxygen atoms in total. The van der Waals surface area contributed by atoms with Crippen molar-refractivity contribution in [2.45, 2.75) is 31.7 Å². The molecule has 1 atom stereocenters. The summed E-state index contributed by atoms with van der Waals surface area (Å²) in [5.74, 6) is 0.201. The molecule has 0 amide bonds. The number of hydrogen-bond donors (Lipinski definition) is 2. The van der Waals surface area contributed by atoms with Crippen molar-refractivity contribution in [3.05, 3.63) is 51.0 Å². The van der Waals surface area contributed by atoms with Gasteiger partial charge in [-0.25, -0.2) is 4.99 Å². The summed E-state index contributed by atoms with van der Waals surface area (Å²) in [6.07, 6.45) is 2.29. The Bertz CT molecular complexity index is 920. The molecule has 1 heterocycles. The van der Waals surface area contributed by atoms with Crippen LogP contribution in [0.25, 0.3) is 0 Å². The van der Waals surface area contributed by atoms with Gasteiger partial charge in [-0.2, -0.15) is 4.55 Å². The zero-order chi connectivity index (χ0) is 18.9. The topological polar surface area (TPSA) is 64.9 Å². The third-order valence-corrected chi connectivity index (χ3v) is 6.83. The molecule has 2 aromatic carbocycles. The zero-order valence-corrected chi connectivity index (χ0v) is 17.7. The van der Waals surface area contributed by atoms with Crippen LogP contribution in [-0.2, 0) is 21.0 Å². The van der Waals surface area contributed by atoms with Crippen LogP contribution in [0.3, 0.4) is 0 Å². The molecule has 1 aliphatic heterocycles. The molecule has 3 rings (SSSR count). The second-order valence-corrected chi connectivity index (χ2v) is 9.64. The number of benzene rings is 2. The van der Waals surface area contributed by atoms with Gasteiger partial charge in [-0.05, 0) is 59.1 Å². The first-order chi connectivity index (χ1) is 12.3. The fraction of sp³-hybridized carbons (Fsp3) is 0.278. The molecular formula is C18H20BrClN3O2S+. The molecule has 2 aromatic rings. The molecule has 0 saturated heterocycles. The van der Waals surface area contributed by atoms with Gasteiger partial charge < -0.3 is 0 Å². The molecule has 0 aromatic heterocycles. The van der Waals surface area contributed by atoms with Crippen molar-refractivity contribution >= 4 is 55.5 Å². The number of rotatable bonds is 5. The lowest BCUT2D eigenvalue weighted by atomic mass is 10.1. The standard InChI is InChI=1S/C18H19BrClN3O2S/c1-3-6-26(24,25)17-5-4-14(20)9-16(17)22-23-10-13-7-12(2)8-15(19)18(13)21-11-23/h4-5,7-9,11,22H,3,6,10H2,1-2H3/p+1. The van der Waals surface area contributed by atoms with Crippen molar-refractivity contribution in [3.63, 3.8) is 0 Å². The zero-order valence-electron chi connectivity index (χ0n) is 14.5. The fourth-order valence-electron chi connectivity index (χ4n) is 2.90. The average molecular weight is 458 g/mol. The van der Waals surface area contributed by atoms with Crippen LogP contribution in [0.2, 0.25) is 5.02 Å². The Labute approximate surface area is 167 Å². The second kappa shape index (κ2) is 7.68. The lowest BCUT2D eigenvalue weighted by molar-refractivity contribution is 0.487. The molecule has 0 saturated carbocycles. The van der Waals surface area contributed by atoms with Gasteiger partial charge in [-0.1, -0.05) is 28.8 Å². The highest BCUT2D eigenvalue weighted by Crippen LogP contribution is 2.35. The Kier molecular flexibility index (Phi) is 5.72. The van der Waals surface area contributed by atoms with E-state index in [9.17, 15) is 8.76 Å². The number of halogens is 2. The monoisotopic (exact) mass is 456 g/mol. The molecule has 0 radical (unpaired) electrons. The van der Waals surface area contributed by atoms with Crippen LogP contribution in [0.4, 0.5) is 11.4 Å². The minimum absolute atomic E-state index is 0.201. The van der Waals surface area contributed by atoms with Crippen molar-refractivity contribution in [2.75, 3.05) is 11.2 Å². The van der Waals surface area contributed by atoms with Crippen LogP contribution in [0, 0.1) is 6.92 Å². The van der Waals surface area contributed by atoms with Crippen molar-refractivity contribution in [2.24, 2.45) is 4.99 Å². The van der Waals surface area contributed by atoms with Gasteiger partial charge in [0.25, 0.3) is 0 Å². The van der Waals surface area contributed by atoms with E-state index in [0.29, 0.717) is 28.6 Å². The number of aryl methyl sites for hydroxylation is 1. The van der Waals surface area contributed by atoms with E-state index < -0.39 is 10.2 Å². The molecule has 0 spiro atoms. The van der Waals surface area contributed by atoms with Crippen LogP contribution in [0.15, 0.2) is 44.7 Å². The lowest BCUT2D eigenvalue weighted by Gasteiger charge is -2.27. The summed E-state index contributed by atoms with van der Waals surface area (Å²) in [4.78, 5) is 4.84. The molecule has 0 bridgehead atoms. The van der Waals surface area contributed by atoms with Crippen LogP contribution >= 0.6 is 27.5 Å². The van der Waals surface area contributed by atoms with Gasteiger partial charge in [0.1, 0.15) is 17.8 Å². The van der Waals surface area contributed by atoms with E-state index in [1.54, 1.807) is 29.5 Å². The summed E-state index contributed by atoms with van der Waals surface area (Å²) in [5.41, 5.74) is 6.79. The number of fused-ring (bicyclic) bond motifs is 1. The Morgan fingerprint density at radius 2 is 2.15 bits per heavy atom. The lowest BCUT2D eigenvalue weighted by Crippen LogP contribution is -2.31. The third-order valence-electron chi connectivity index (χ3n) is 3.98. The Balaban J connectivity index is 1.91. The van der Waals surface area contributed by atoms with E-state index in [1.165, 1.54) is 0 Å². The largest absolute Gasteiger partial charge is 0.292 e. The third kappa shape index (κ3) is 4.11. The number of hydrogen-bond acceptors (Lipinski definition) is 4. The van der Waals surface area contributed by atoms with Gasteiger partial charge in [0.05, 0.1) is 12.2 Å². The van der Waals surface area contributed by atoms with Gasteiger partial charge in [-0.3, -0.25) is 10.4 Å². The molecule has 0 fully saturated rings. The van der Waals surface area contributed by atoms with Gasteiger partial charge in [0.2, 0.25) is 15.1 Å². The summed E-state index contributed by atoms with van der Waals surface area (Å²) in [6, 6.07) is 9.01. The number of nitrogens with zero attached hydrogens (tertiary/aromatic N) is 2. The van der Waals surface area contributed by atoms with Crippen LogP contribution in [-0.4, -0.2) is 21.7 Å². The molecule has 0 aliphatic carbocycles. The maximum Gasteiger partial charge on any atom is 0.250 e. The minimum atomic E-state index is -3.13. The highest BCUT2D eigenvalue weighted by atomic mass is 79.9. The first kappa shape index (κ1) is 19.4. The van der Waals surface area contributed by atoms with Crippen LogP contribution in [0.5, 0.6) is 0 Å². The van der Waals surface area contributed by atoms with Crippen LogP contribution < -0.4 is 5.43 Å². The summed E-state index contributed by atoms with van der Waals surface area (Å²) in [5, 5.41) is 2.28. The average Bonchev–Trinajstić information content (AvgIpc) is 2.54. The predicted molar refractivity (Wildman–Crippen MR) is 112 cm³/mol. The van der Waals surface area contributed by atoms with E-state index in [-0.39, 0.29) is 5.75 Å². The number of hydrazine groups is 1. The molecular weight excluding hydrogens is 438 g/mol. The predicted octanol–water partition coefficient (Wildman–Crippen LogP) is 5.65. The number of anilines is 1. The summed E-state index contributed by atoms with van der Waals surface area (Å²) >= 11 is 9.65. The van der Waals surface area contributed by atoms with E-state index in [4.69, 9.17) is 11.6 Å². The highest BCUT2D eigenvalue weighted by molar-refractivity contribution is 9.10. The first-order valence-corrected chi connectivity index (χ1v) is 11.1. The SMILES string of the molecule is CCC[S+](=O)(O)c1ccc(Cl)cc1NN1C=Nc2c(Br)cc(C)cc2C1. The Morgan fingerprint density at radius 1 is 1.38 bits per heavy atom. The minimum Gasteiger partial charge on any atom is -0.292 e. The van der Waals surface area contributed by atoms with E-state index in [0.717, 1.165) is 21.3 Å². The number of nitrogens with one attached hydrogen (secondary N) is 1. The summed E-state index contributed by atoms with van der Waals surface area (Å²) in [6.45, 7) is 4.49. The normalized spacial score (nSPS) is 15.5. The Hall–Kier alpha value is -1.41. The first-order valence-electron chi connectivity index (χ1n) is 8.20. The van der Waals surface area contributed by atoms with Gasteiger partial charge >= 0.3 is 0 Å². The van der Waals surface area contributed by atoms with E-state index in [1.807, 2.05) is 19.9 Å². The maximum atomic E-state index is 12.7. The summed E-state index contributed by atoms with van der Waals surface area (Å²) in [7, 11) is -3.13. The molecule has 2 N–H and O–H groups in total. The van der Waals surface area contributed by atoms with Crippen LogP contribution in [0.1, 0.15) is 24.5 Å². The van der Waals surface area contributed by atoms with E-state index in [2.05, 4.69) is 32.4 Å². The molecule has 1 unspecified atom stereocenters. The Morgan fingerprint density at radius 3 is 2.88 bits per heavy atom.